The maximum absolute atomic E-state index is 3.58. The predicted octanol–water partition coefficient (Wildman–Crippen LogP) is 2.77. The Kier molecular flexibility index (Phi) is 19.4. The van der Waals surface area contributed by atoms with Gasteiger partial charge in [0.2, 0.25) is 0 Å². The topological polar surface area (TPSA) is 0 Å². The summed E-state index contributed by atoms with van der Waals surface area (Å²) >= 11 is 3.58. The Morgan fingerprint density at radius 2 is 1.05 bits per heavy atom. The van der Waals surface area contributed by atoms with E-state index in [1.54, 1.807) is 0 Å². The minimum atomic E-state index is 0. The van der Waals surface area contributed by atoms with Crippen LogP contribution < -0.4 is 24.0 Å². The molecule has 0 N–H and O–H groups in total. The van der Waals surface area contributed by atoms with Gasteiger partial charge in [-0.15, -0.1) is 0 Å². The van der Waals surface area contributed by atoms with Crippen LogP contribution in [0.5, 0.6) is 0 Å². The lowest BCUT2D eigenvalue weighted by Gasteiger charge is -2.35. The van der Waals surface area contributed by atoms with Crippen LogP contribution in [0.15, 0.2) is 0 Å². The van der Waals surface area contributed by atoms with Gasteiger partial charge in [-0.05, 0) is 25.7 Å². The molecule has 0 aromatic heterocycles. The Balaban J connectivity index is 0. The Labute approximate surface area is 154 Å². The van der Waals surface area contributed by atoms with Crippen molar-refractivity contribution < 1.29 is 28.5 Å². The molecular weight excluding hydrogens is 425 g/mol. The zero-order valence-corrected chi connectivity index (χ0v) is 17.8. The summed E-state index contributed by atoms with van der Waals surface area (Å²) in [5.74, 6) is 0. The molecule has 0 spiro atoms. The van der Waals surface area contributed by atoms with E-state index in [1.165, 1.54) is 88.3 Å². The third-order valence-corrected chi connectivity index (χ3v) is 4.75. The van der Waals surface area contributed by atoms with Crippen molar-refractivity contribution in [3.63, 3.8) is 0 Å². The standard InChI is InChI=1S/C17H37BrN.HI/c1-4-6-8-9-10-12-16-19(3,17-13-14-18)15-11-7-5-2;/h4-17H2,1-3H3;1H/q+1;/p-1. The van der Waals surface area contributed by atoms with Crippen LogP contribution in [-0.2, 0) is 0 Å². The molecule has 0 aliphatic rings. The SMILES string of the molecule is CCCCCCCC[N+](C)(CCCBr)CCCCC.[I-]. The highest BCUT2D eigenvalue weighted by atomic mass is 127. The highest BCUT2D eigenvalue weighted by Crippen LogP contribution is 2.13. The van der Waals surface area contributed by atoms with Gasteiger partial charge in [-0.25, -0.2) is 0 Å². The number of hydrogen-bond acceptors (Lipinski definition) is 0. The van der Waals surface area contributed by atoms with Crippen LogP contribution in [0.1, 0.15) is 78.1 Å². The average Bonchev–Trinajstić information content (AvgIpc) is 2.41. The lowest BCUT2D eigenvalue weighted by Crippen LogP contribution is -3.00. The number of unbranched alkanes of at least 4 members (excludes halogenated alkanes) is 7. The fourth-order valence-corrected chi connectivity index (χ4v) is 3.05. The van der Waals surface area contributed by atoms with Crippen molar-refractivity contribution >= 4 is 15.9 Å². The molecule has 1 nitrogen and oxygen atoms in total. The van der Waals surface area contributed by atoms with Crippen LogP contribution in [0.25, 0.3) is 0 Å². The number of halogens is 2. The van der Waals surface area contributed by atoms with Gasteiger partial charge in [0, 0.05) is 11.8 Å². The van der Waals surface area contributed by atoms with E-state index in [0.29, 0.717) is 0 Å². The summed E-state index contributed by atoms with van der Waals surface area (Å²) in [6, 6.07) is 0. The van der Waals surface area contributed by atoms with Crippen molar-refractivity contribution in [1.82, 2.24) is 0 Å². The normalized spacial score (nSPS) is 13.8. The summed E-state index contributed by atoms with van der Waals surface area (Å²) in [6.07, 6.45) is 14.0. The summed E-state index contributed by atoms with van der Waals surface area (Å²) < 4.78 is 1.30. The van der Waals surface area contributed by atoms with Crippen LogP contribution in [0.2, 0.25) is 0 Å². The highest BCUT2D eigenvalue weighted by molar-refractivity contribution is 9.09. The van der Waals surface area contributed by atoms with Crippen LogP contribution in [0.3, 0.4) is 0 Å². The van der Waals surface area contributed by atoms with E-state index in [2.05, 4.69) is 36.8 Å². The molecule has 0 amide bonds. The number of alkyl halides is 1. The first kappa shape index (κ1) is 23.4. The van der Waals surface area contributed by atoms with E-state index in [0.717, 1.165) is 5.33 Å². The second-order valence-corrected chi connectivity index (χ2v) is 7.10. The summed E-state index contributed by atoms with van der Waals surface area (Å²) in [6.45, 7) is 8.72. The van der Waals surface area contributed by atoms with Crippen molar-refractivity contribution in [2.45, 2.75) is 78.1 Å². The highest BCUT2D eigenvalue weighted by Gasteiger charge is 2.19. The fourth-order valence-electron chi connectivity index (χ4n) is 2.79. The van der Waals surface area contributed by atoms with Crippen molar-refractivity contribution in [3.05, 3.63) is 0 Å². The van der Waals surface area contributed by atoms with Crippen molar-refractivity contribution in [3.8, 4) is 0 Å². The van der Waals surface area contributed by atoms with E-state index >= 15 is 0 Å². The number of rotatable bonds is 14. The first-order valence-electron chi connectivity index (χ1n) is 8.58. The molecule has 0 radical (unpaired) electrons. The van der Waals surface area contributed by atoms with Crippen LogP contribution >= 0.6 is 15.9 Å². The summed E-state index contributed by atoms with van der Waals surface area (Å²) in [5.41, 5.74) is 0. The molecule has 0 bridgehead atoms. The molecule has 0 aromatic carbocycles. The molecule has 1 atom stereocenters. The van der Waals surface area contributed by atoms with Crippen molar-refractivity contribution in [2.75, 3.05) is 32.0 Å². The molecule has 124 valence electrons. The lowest BCUT2D eigenvalue weighted by atomic mass is 10.1. The second kappa shape index (κ2) is 16.5. The molecule has 0 saturated heterocycles. The molecule has 0 heterocycles. The van der Waals surface area contributed by atoms with Gasteiger partial charge in [-0.1, -0.05) is 61.9 Å². The molecule has 0 saturated carbocycles. The fraction of sp³-hybridized carbons (Fsp3) is 1.00. The van der Waals surface area contributed by atoms with Gasteiger partial charge >= 0.3 is 0 Å². The molecule has 0 aliphatic heterocycles. The predicted molar refractivity (Wildman–Crippen MR) is 92.1 cm³/mol. The van der Waals surface area contributed by atoms with Gasteiger partial charge < -0.3 is 28.5 Å². The Bertz CT molecular complexity index is 190. The van der Waals surface area contributed by atoms with E-state index in [4.69, 9.17) is 0 Å². The van der Waals surface area contributed by atoms with E-state index in [1.807, 2.05) is 0 Å². The molecule has 0 rings (SSSR count). The lowest BCUT2D eigenvalue weighted by molar-refractivity contribution is -0.910. The van der Waals surface area contributed by atoms with Gasteiger partial charge in [0.1, 0.15) is 0 Å². The zero-order valence-electron chi connectivity index (χ0n) is 14.1. The average molecular weight is 462 g/mol. The maximum atomic E-state index is 3.58. The zero-order chi connectivity index (χ0) is 14.4. The summed E-state index contributed by atoms with van der Waals surface area (Å²) in [7, 11) is 2.48. The van der Waals surface area contributed by atoms with Gasteiger partial charge in [0.05, 0.1) is 26.7 Å². The van der Waals surface area contributed by atoms with E-state index < -0.39 is 0 Å². The summed E-state index contributed by atoms with van der Waals surface area (Å²) in [5, 5.41) is 1.16. The number of nitrogens with zero attached hydrogens (tertiary/aromatic N) is 1. The third kappa shape index (κ3) is 14.1. The molecule has 20 heavy (non-hydrogen) atoms. The van der Waals surface area contributed by atoms with Crippen LogP contribution in [-0.4, -0.2) is 36.5 Å². The molecular formula is C17H37BrIN. The minimum absolute atomic E-state index is 0. The van der Waals surface area contributed by atoms with Gasteiger partial charge in [-0.3, -0.25) is 0 Å². The Morgan fingerprint density at radius 3 is 1.60 bits per heavy atom. The van der Waals surface area contributed by atoms with Crippen molar-refractivity contribution in [2.24, 2.45) is 0 Å². The quantitative estimate of drug-likeness (QED) is 0.161. The monoisotopic (exact) mass is 461 g/mol. The summed E-state index contributed by atoms with van der Waals surface area (Å²) in [4.78, 5) is 0. The molecule has 0 aromatic rings. The van der Waals surface area contributed by atoms with E-state index in [9.17, 15) is 0 Å². The maximum Gasteiger partial charge on any atom is 0.0792 e. The molecule has 1 unspecified atom stereocenters. The van der Waals surface area contributed by atoms with Crippen molar-refractivity contribution in [1.29, 1.82) is 0 Å². The smallest absolute Gasteiger partial charge is 0.0792 e. The molecule has 0 fully saturated rings. The van der Waals surface area contributed by atoms with Crippen LogP contribution in [0.4, 0.5) is 0 Å². The molecule has 3 heteroatoms. The number of hydrogen-bond donors (Lipinski definition) is 0. The van der Waals surface area contributed by atoms with Crippen LogP contribution in [0, 0.1) is 0 Å². The van der Waals surface area contributed by atoms with Gasteiger partial charge in [-0.2, -0.15) is 0 Å². The largest absolute Gasteiger partial charge is 1.00 e. The second-order valence-electron chi connectivity index (χ2n) is 6.31. The Morgan fingerprint density at radius 1 is 0.650 bits per heavy atom. The van der Waals surface area contributed by atoms with Gasteiger partial charge in [0.25, 0.3) is 0 Å². The third-order valence-electron chi connectivity index (χ3n) is 4.18. The van der Waals surface area contributed by atoms with E-state index in [-0.39, 0.29) is 24.0 Å². The minimum Gasteiger partial charge on any atom is -1.00 e. The first-order chi connectivity index (χ1) is 9.18. The first-order valence-corrected chi connectivity index (χ1v) is 9.70. The van der Waals surface area contributed by atoms with Gasteiger partial charge in [0.15, 0.2) is 0 Å². The molecule has 0 aliphatic carbocycles. The Hall–Kier alpha value is 1.17. The number of quaternary nitrogens is 1.